The fraction of sp³-hybridized carbons (Fsp3) is 0.588. The molecule has 1 aromatic carbocycles. The number of amides is 1. The Morgan fingerprint density at radius 2 is 1.96 bits per heavy atom. The zero-order valence-corrected chi connectivity index (χ0v) is 17.1. The minimum absolute atomic E-state index is 0. The number of hydrogen-bond acceptors (Lipinski definition) is 5. The van der Waals surface area contributed by atoms with Crippen LogP contribution >= 0.6 is 24.8 Å². The number of anilines is 2. The fourth-order valence-corrected chi connectivity index (χ4v) is 4.47. The predicted octanol–water partition coefficient (Wildman–Crippen LogP) is 2.09. The third kappa shape index (κ3) is 6.61. The van der Waals surface area contributed by atoms with E-state index in [-0.39, 0.29) is 42.2 Å². The molecule has 0 aromatic heterocycles. The van der Waals surface area contributed by atoms with Crippen LogP contribution in [-0.2, 0) is 14.6 Å². The van der Waals surface area contributed by atoms with Crippen LogP contribution in [0.25, 0.3) is 0 Å². The summed E-state index contributed by atoms with van der Waals surface area (Å²) in [6, 6.07) is 7.65. The zero-order chi connectivity index (χ0) is 17.0. The lowest BCUT2D eigenvalue weighted by Crippen LogP contribution is -2.40. The monoisotopic (exact) mass is 423 g/mol. The summed E-state index contributed by atoms with van der Waals surface area (Å²) in [7, 11) is -2.88. The molecule has 6 nitrogen and oxygen atoms in total. The Labute approximate surface area is 167 Å². The minimum atomic E-state index is -2.88. The molecule has 2 N–H and O–H groups in total. The van der Waals surface area contributed by atoms with Crippen molar-refractivity contribution in [2.24, 2.45) is 5.92 Å². The molecule has 1 unspecified atom stereocenters. The van der Waals surface area contributed by atoms with Crippen LogP contribution in [0.1, 0.15) is 19.3 Å². The van der Waals surface area contributed by atoms with Crippen molar-refractivity contribution in [2.45, 2.75) is 19.3 Å². The third-order valence-electron chi connectivity index (χ3n) is 4.78. The van der Waals surface area contributed by atoms with Gasteiger partial charge >= 0.3 is 0 Å². The van der Waals surface area contributed by atoms with E-state index < -0.39 is 9.84 Å². The van der Waals surface area contributed by atoms with E-state index in [4.69, 9.17) is 0 Å². The van der Waals surface area contributed by atoms with Crippen LogP contribution in [0, 0.1) is 5.92 Å². The van der Waals surface area contributed by atoms with Gasteiger partial charge in [0.2, 0.25) is 5.91 Å². The Morgan fingerprint density at radius 3 is 2.62 bits per heavy atom. The van der Waals surface area contributed by atoms with Crippen molar-refractivity contribution in [1.82, 2.24) is 5.32 Å². The molecule has 2 saturated heterocycles. The summed E-state index contributed by atoms with van der Waals surface area (Å²) in [4.78, 5) is 14.2. The van der Waals surface area contributed by atoms with Crippen LogP contribution < -0.4 is 15.5 Å². The highest BCUT2D eigenvalue weighted by Gasteiger charge is 2.22. The molecule has 148 valence electrons. The van der Waals surface area contributed by atoms with Gasteiger partial charge in [0.05, 0.1) is 11.5 Å². The van der Waals surface area contributed by atoms with Crippen molar-refractivity contribution >= 4 is 51.9 Å². The number of nitrogens with one attached hydrogen (secondary N) is 2. The van der Waals surface area contributed by atoms with E-state index in [1.165, 1.54) is 0 Å². The van der Waals surface area contributed by atoms with Crippen molar-refractivity contribution in [3.05, 3.63) is 24.3 Å². The molecule has 0 aliphatic carbocycles. The van der Waals surface area contributed by atoms with Gasteiger partial charge in [0.25, 0.3) is 0 Å². The normalized spacial score (nSPS) is 21.4. The maximum Gasteiger partial charge on any atom is 0.224 e. The SMILES string of the molecule is Cl.Cl.O=C(CCC1CCNC1)Nc1cccc(N2CCS(=O)(=O)CC2)c1. The lowest BCUT2D eigenvalue weighted by molar-refractivity contribution is -0.116. The molecule has 2 heterocycles. The number of nitrogens with zero attached hydrogens (tertiary/aromatic N) is 1. The maximum absolute atomic E-state index is 12.1. The molecule has 0 spiro atoms. The topological polar surface area (TPSA) is 78.5 Å². The Kier molecular flexibility index (Phi) is 9.16. The van der Waals surface area contributed by atoms with Gasteiger partial charge in [-0.15, -0.1) is 24.8 Å². The summed E-state index contributed by atoms with van der Waals surface area (Å²) >= 11 is 0. The Morgan fingerprint density at radius 1 is 1.23 bits per heavy atom. The van der Waals surface area contributed by atoms with Gasteiger partial charge in [0.15, 0.2) is 9.84 Å². The van der Waals surface area contributed by atoms with E-state index in [9.17, 15) is 13.2 Å². The first kappa shape index (κ1) is 23.0. The third-order valence-corrected chi connectivity index (χ3v) is 6.39. The number of hydrogen-bond donors (Lipinski definition) is 2. The van der Waals surface area contributed by atoms with Crippen LogP contribution in [0.3, 0.4) is 0 Å². The first-order chi connectivity index (χ1) is 11.5. The van der Waals surface area contributed by atoms with Gasteiger partial charge in [0, 0.05) is 30.9 Å². The van der Waals surface area contributed by atoms with E-state index in [0.29, 0.717) is 25.4 Å². The molecule has 1 atom stereocenters. The standard InChI is InChI=1S/C17H25N3O3S.2ClH/c21-17(5-4-14-6-7-18-13-14)19-15-2-1-3-16(12-15)20-8-10-24(22,23)11-9-20;;/h1-3,12,14,18H,4-11,13H2,(H,19,21);2*1H. The van der Waals surface area contributed by atoms with Crippen molar-refractivity contribution < 1.29 is 13.2 Å². The molecule has 0 radical (unpaired) electrons. The molecule has 9 heteroatoms. The van der Waals surface area contributed by atoms with Crippen LogP contribution in [0.15, 0.2) is 24.3 Å². The second kappa shape index (κ2) is 10.3. The summed E-state index contributed by atoms with van der Waals surface area (Å²) in [5.74, 6) is 1.04. The van der Waals surface area contributed by atoms with E-state index >= 15 is 0 Å². The molecule has 2 aliphatic rings. The highest BCUT2D eigenvalue weighted by Crippen LogP contribution is 2.22. The summed E-state index contributed by atoms with van der Waals surface area (Å²) < 4.78 is 23.1. The van der Waals surface area contributed by atoms with E-state index in [1.54, 1.807) is 0 Å². The molecule has 3 rings (SSSR count). The summed E-state index contributed by atoms with van der Waals surface area (Å²) in [6.07, 6.45) is 2.61. The largest absolute Gasteiger partial charge is 0.369 e. The van der Waals surface area contributed by atoms with Gasteiger partial charge in [0.1, 0.15) is 0 Å². The highest BCUT2D eigenvalue weighted by atomic mass is 35.5. The highest BCUT2D eigenvalue weighted by molar-refractivity contribution is 7.91. The lowest BCUT2D eigenvalue weighted by atomic mass is 10.0. The van der Waals surface area contributed by atoms with Gasteiger partial charge in [-0.1, -0.05) is 6.07 Å². The van der Waals surface area contributed by atoms with Gasteiger partial charge < -0.3 is 15.5 Å². The molecular formula is C17H27Cl2N3O3S. The zero-order valence-electron chi connectivity index (χ0n) is 14.6. The van der Waals surface area contributed by atoms with Gasteiger partial charge in [-0.05, 0) is 50.0 Å². The molecule has 0 bridgehead atoms. The quantitative estimate of drug-likeness (QED) is 0.757. The van der Waals surface area contributed by atoms with E-state index in [2.05, 4.69) is 15.5 Å². The molecule has 1 amide bonds. The Bertz CT molecular complexity index is 680. The van der Waals surface area contributed by atoms with Gasteiger partial charge in [-0.25, -0.2) is 8.42 Å². The fourth-order valence-electron chi connectivity index (χ4n) is 3.27. The average molecular weight is 424 g/mol. The van der Waals surface area contributed by atoms with Crippen molar-refractivity contribution in [2.75, 3.05) is 47.9 Å². The summed E-state index contributed by atoms with van der Waals surface area (Å²) in [6.45, 7) is 3.09. The van der Waals surface area contributed by atoms with Crippen LogP contribution in [-0.4, -0.2) is 52.0 Å². The first-order valence-corrected chi connectivity index (χ1v) is 10.4. The minimum Gasteiger partial charge on any atom is -0.369 e. The molecular weight excluding hydrogens is 397 g/mol. The van der Waals surface area contributed by atoms with Crippen molar-refractivity contribution in [1.29, 1.82) is 0 Å². The van der Waals surface area contributed by atoms with Gasteiger partial charge in [-0.2, -0.15) is 0 Å². The number of sulfone groups is 1. The molecule has 2 fully saturated rings. The smallest absolute Gasteiger partial charge is 0.224 e. The van der Waals surface area contributed by atoms with E-state index in [1.807, 2.05) is 24.3 Å². The molecule has 26 heavy (non-hydrogen) atoms. The summed E-state index contributed by atoms with van der Waals surface area (Å²) in [5, 5.41) is 6.27. The lowest BCUT2D eigenvalue weighted by Gasteiger charge is -2.29. The number of rotatable bonds is 5. The first-order valence-electron chi connectivity index (χ1n) is 8.58. The maximum atomic E-state index is 12.1. The van der Waals surface area contributed by atoms with Crippen molar-refractivity contribution in [3.8, 4) is 0 Å². The van der Waals surface area contributed by atoms with Crippen LogP contribution in [0.2, 0.25) is 0 Å². The number of carbonyl (C=O) groups excluding carboxylic acids is 1. The van der Waals surface area contributed by atoms with Gasteiger partial charge in [-0.3, -0.25) is 4.79 Å². The number of benzene rings is 1. The number of halogens is 2. The van der Waals surface area contributed by atoms with E-state index in [0.717, 1.165) is 37.3 Å². The Hall–Kier alpha value is -1.02. The Balaban J connectivity index is 0.00000169. The van der Waals surface area contributed by atoms with Crippen LogP contribution in [0.4, 0.5) is 11.4 Å². The van der Waals surface area contributed by atoms with Crippen molar-refractivity contribution in [3.63, 3.8) is 0 Å². The van der Waals surface area contributed by atoms with Crippen LogP contribution in [0.5, 0.6) is 0 Å². The second-order valence-corrected chi connectivity index (χ2v) is 8.94. The predicted molar refractivity (Wildman–Crippen MR) is 111 cm³/mol. The summed E-state index contributed by atoms with van der Waals surface area (Å²) in [5.41, 5.74) is 1.73. The number of carbonyl (C=O) groups is 1. The average Bonchev–Trinajstić information content (AvgIpc) is 3.07. The molecule has 1 aromatic rings. The molecule has 2 aliphatic heterocycles. The molecule has 0 saturated carbocycles. The second-order valence-electron chi connectivity index (χ2n) is 6.63.